The van der Waals surface area contributed by atoms with E-state index in [1.165, 1.54) is 12.1 Å². The molecule has 3 nitrogen and oxygen atoms in total. The third kappa shape index (κ3) is 5.12. The van der Waals surface area contributed by atoms with Gasteiger partial charge in [0, 0.05) is 18.1 Å². The predicted molar refractivity (Wildman–Crippen MR) is 109 cm³/mol. The zero-order valence-corrected chi connectivity index (χ0v) is 17.3. The zero-order chi connectivity index (χ0) is 21.4. The van der Waals surface area contributed by atoms with Gasteiger partial charge in [0.25, 0.3) is 0 Å². The molecule has 0 aromatic heterocycles. The molecular weight excluding hydrogens is 379 g/mol. The highest BCUT2D eigenvalue weighted by atomic mass is 19.4. The lowest BCUT2D eigenvalue weighted by Crippen LogP contribution is -2.32. The fraction of sp³-hybridized carbons (Fsp3) is 0.391. The molecule has 0 bridgehead atoms. The summed E-state index contributed by atoms with van der Waals surface area (Å²) >= 11 is 0. The number of fused-ring (bicyclic) bond motifs is 1. The Bertz CT molecular complexity index is 917. The molecule has 0 radical (unpaired) electrons. The Balaban J connectivity index is 1.99. The van der Waals surface area contributed by atoms with Crippen molar-refractivity contribution in [3.8, 4) is 11.5 Å². The van der Waals surface area contributed by atoms with Gasteiger partial charge in [0.1, 0.15) is 23.3 Å². The van der Waals surface area contributed by atoms with E-state index < -0.39 is 17.3 Å². The molecule has 1 aliphatic rings. The molecule has 0 saturated carbocycles. The molecule has 0 aliphatic carbocycles. The van der Waals surface area contributed by atoms with Crippen LogP contribution in [0.25, 0.3) is 11.6 Å². The standard InChI is InChI=1S/C23H26F3NO2/c1-15(27(4)5)28-19-9-10-20-17(14-22(2,3)29-21(20)13-19)11-16-7-6-8-18(12-16)23(24,25)26/h6-13,15H,14H2,1-5H3/b17-11-. The van der Waals surface area contributed by atoms with E-state index >= 15 is 0 Å². The molecule has 2 aromatic rings. The van der Waals surface area contributed by atoms with Crippen LogP contribution in [0.3, 0.4) is 0 Å². The van der Waals surface area contributed by atoms with Crippen LogP contribution in [0.15, 0.2) is 42.5 Å². The van der Waals surface area contributed by atoms with E-state index in [2.05, 4.69) is 0 Å². The van der Waals surface area contributed by atoms with Crippen molar-refractivity contribution in [2.75, 3.05) is 14.1 Å². The topological polar surface area (TPSA) is 21.7 Å². The first-order chi connectivity index (χ1) is 13.4. The van der Waals surface area contributed by atoms with Gasteiger partial charge < -0.3 is 9.47 Å². The third-order valence-electron chi connectivity index (χ3n) is 4.89. The SMILES string of the molecule is CC(Oc1ccc2c(c1)OC(C)(C)C/C2=C/c1cccc(C(F)(F)F)c1)N(C)C. The number of halogens is 3. The number of rotatable bonds is 4. The molecule has 1 heterocycles. The fourth-order valence-corrected chi connectivity index (χ4v) is 3.25. The van der Waals surface area contributed by atoms with E-state index in [1.807, 2.05) is 58.0 Å². The maximum absolute atomic E-state index is 13.1. The summed E-state index contributed by atoms with van der Waals surface area (Å²) in [5, 5.41) is 0. The highest BCUT2D eigenvalue weighted by Gasteiger charge is 2.32. The lowest BCUT2D eigenvalue weighted by Gasteiger charge is -2.34. The Morgan fingerprint density at radius 1 is 1.14 bits per heavy atom. The molecule has 6 heteroatoms. The molecule has 29 heavy (non-hydrogen) atoms. The van der Waals surface area contributed by atoms with Crippen LogP contribution in [0.5, 0.6) is 11.5 Å². The monoisotopic (exact) mass is 405 g/mol. The maximum atomic E-state index is 13.1. The second kappa shape index (κ2) is 7.75. The minimum Gasteiger partial charge on any atom is -0.487 e. The Morgan fingerprint density at radius 2 is 1.86 bits per heavy atom. The van der Waals surface area contributed by atoms with Crippen LogP contribution in [-0.2, 0) is 6.18 Å². The molecular formula is C23H26F3NO2. The summed E-state index contributed by atoms with van der Waals surface area (Å²) < 4.78 is 51.2. The average Bonchev–Trinajstić information content (AvgIpc) is 2.60. The smallest absolute Gasteiger partial charge is 0.416 e. The molecule has 156 valence electrons. The van der Waals surface area contributed by atoms with Gasteiger partial charge in [0.15, 0.2) is 0 Å². The largest absolute Gasteiger partial charge is 0.487 e. The molecule has 3 rings (SSSR count). The van der Waals surface area contributed by atoms with Gasteiger partial charge in [-0.05, 0) is 70.3 Å². The first-order valence-corrected chi connectivity index (χ1v) is 9.49. The first kappa shape index (κ1) is 21.2. The summed E-state index contributed by atoms with van der Waals surface area (Å²) in [6.45, 7) is 5.88. The number of benzene rings is 2. The first-order valence-electron chi connectivity index (χ1n) is 9.49. The molecule has 0 fully saturated rings. The van der Waals surface area contributed by atoms with Crippen LogP contribution in [0, 0.1) is 0 Å². The van der Waals surface area contributed by atoms with Crippen molar-refractivity contribution < 1.29 is 22.6 Å². The van der Waals surface area contributed by atoms with E-state index in [4.69, 9.17) is 9.47 Å². The summed E-state index contributed by atoms with van der Waals surface area (Å²) in [5.74, 6) is 1.35. The van der Waals surface area contributed by atoms with E-state index in [0.717, 1.165) is 17.2 Å². The third-order valence-corrected chi connectivity index (χ3v) is 4.89. The van der Waals surface area contributed by atoms with Crippen LogP contribution in [0.2, 0.25) is 0 Å². The fourth-order valence-electron chi connectivity index (χ4n) is 3.25. The lowest BCUT2D eigenvalue weighted by atomic mass is 9.88. The minimum atomic E-state index is -4.36. The molecule has 1 unspecified atom stereocenters. The Hall–Kier alpha value is -2.47. The van der Waals surface area contributed by atoms with Crippen LogP contribution in [0.1, 0.15) is 43.9 Å². The molecule has 0 amide bonds. The van der Waals surface area contributed by atoms with E-state index in [9.17, 15) is 13.2 Å². The zero-order valence-electron chi connectivity index (χ0n) is 17.3. The average molecular weight is 405 g/mol. The number of hydrogen-bond acceptors (Lipinski definition) is 3. The molecule has 0 saturated heterocycles. The summed E-state index contributed by atoms with van der Waals surface area (Å²) in [4.78, 5) is 1.95. The van der Waals surface area contributed by atoms with Gasteiger partial charge in [-0.15, -0.1) is 0 Å². The van der Waals surface area contributed by atoms with Gasteiger partial charge in [-0.1, -0.05) is 18.2 Å². The van der Waals surface area contributed by atoms with E-state index in [0.29, 0.717) is 23.5 Å². The summed E-state index contributed by atoms with van der Waals surface area (Å²) in [6.07, 6.45) is -2.08. The highest BCUT2D eigenvalue weighted by Crippen LogP contribution is 2.43. The van der Waals surface area contributed by atoms with E-state index in [-0.39, 0.29) is 6.23 Å². The van der Waals surface area contributed by atoms with Gasteiger partial charge in [0.05, 0.1) is 5.56 Å². The predicted octanol–water partition coefficient (Wildman–Crippen LogP) is 6.09. The summed E-state index contributed by atoms with van der Waals surface area (Å²) in [5.41, 5.74) is 1.18. The Morgan fingerprint density at radius 3 is 2.52 bits per heavy atom. The minimum absolute atomic E-state index is 0.107. The van der Waals surface area contributed by atoms with Crippen LogP contribution >= 0.6 is 0 Å². The molecule has 0 N–H and O–H groups in total. The van der Waals surface area contributed by atoms with Gasteiger partial charge >= 0.3 is 6.18 Å². The molecule has 1 aliphatic heterocycles. The van der Waals surface area contributed by atoms with Crippen molar-refractivity contribution in [3.05, 3.63) is 59.2 Å². The quantitative estimate of drug-likeness (QED) is 0.574. The van der Waals surface area contributed by atoms with E-state index in [1.54, 1.807) is 12.1 Å². The number of ether oxygens (including phenoxy) is 2. The van der Waals surface area contributed by atoms with Gasteiger partial charge in [-0.25, -0.2) is 0 Å². The lowest BCUT2D eigenvalue weighted by molar-refractivity contribution is -0.137. The molecule has 0 spiro atoms. The van der Waals surface area contributed by atoms with Crippen molar-refractivity contribution in [2.24, 2.45) is 0 Å². The second-order valence-electron chi connectivity index (χ2n) is 8.17. The van der Waals surface area contributed by atoms with Gasteiger partial charge in [-0.2, -0.15) is 13.2 Å². The normalized spacial score (nSPS) is 18.3. The van der Waals surface area contributed by atoms with Crippen LogP contribution < -0.4 is 9.47 Å². The number of hydrogen-bond donors (Lipinski definition) is 0. The van der Waals surface area contributed by atoms with Crippen LogP contribution in [0.4, 0.5) is 13.2 Å². The maximum Gasteiger partial charge on any atom is 0.416 e. The summed E-state index contributed by atoms with van der Waals surface area (Å²) in [6, 6.07) is 11.0. The van der Waals surface area contributed by atoms with Gasteiger partial charge in [-0.3, -0.25) is 4.90 Å². The highest BCUT2D eigenvalue weighted by molar-refractivity contribution is 5.85. The number of nitrogens with zero attached hydrogens (tertiary/aromatic N) is 1. The summed E-state index contributed by atoms with van der Waals surface area (Å²) in [7, 11) is 3.86. The van der Waals surface area contributed by atoms with Crippen molar-refractivity contribution in [3.63, 3.8) is 0 Å². The van der Waals surface area contributed by atoms with Crippen molar-refractivity contribution in [1.29, 1.82) is 0 Å². The second-order valence-corrected chi connectivity index (χ2v) is 8.17. The Kier molecular flexibility index (Phi) is 5.68. The number of alkyl halides is 3. The van der Waals surface area contributed by atoms with Crippen LogP contribution in [-0.4, -0.2) is 30.8 Å². The van der Waals surface area contributed by atoms with Gasteiger partial charge in [0.2, 0.25) is 0 Å². The van der Waals surface area contributed by atoms with Crippen molar-refractivity contribution in [2.45, 2.75) is 45.2 Å². The molecule has 1 atom stereocenters. The van der Waals surface area contributed by atoms with Crippen molar-refractivity contribution in [1.82, 2.24) is 4.90 Å². The van der Waals surface area contributed by atoms with Crippen molar-refractivity contribution >= 4 is 11.6 Å². The molecule has 2 aromatic carbocycles. The Labute approximate surface area is 169 Å².